The van der Waals surface area contributed by atoms with Gasteiger partial charge in [0.2, 0.25) is 0 Å². The molecule has 52 heavy (non-hydrogen) atoms. The van der Waals surface area contributed by atoms with Gasteiger partial charge in [-0.25, -0.2) is 0 Å². The SMILES string of the molecule is c1ccc(-c2ccc3oc4ccccc4c3c2N(c2cccc3c2sc2ccccc23)c2ccc(-c3ccccc3)c3oc4ccccc4c23)cc1. The summed E-state index contributed by atoms with van der Waals surface area (Å²) in [6, 6.07) is 62.4. The first kappa shape index (κ1) is 29.1. The molecule has 0 saturated carbocycles. The van der Waals surface area contributed by atoms with Crippen molar-refractivity contribution < 1.29 is 8.83 Å². The van der Waals surface area contributed by atoms with Crippen molar-refractivity contribution in [2.75, 3.05) is 4.90 Å². The molecule has 0 aliphatic carbocycles. The Balaban J connectivity index is 1.35. The van der Waals surface area contributed by atoms with Gasteiger partial charge in [-0.1, -0.05) is 127 Å². The molecule has 0 fully saturated rings. The van der Waals surface area contributed by atoms with E-state index in [0.29, 0.717) is 0 Å². The van der Waals surface area contributed by atoms with E-state index in [1.54, 1.807) is 0 Å². The third-order valence-electron chi connectivity index (χ3n) is 10.3. The van der Waals surface area contributed by atoms with Crippen molar-refractivity contribution in [3.05, 3.63) is 176 Å². The van der Waals surface area contributed by atoms with Gasteiger partial charge in [-0.15, -0.1) is 11.3 Å². The lowest BCUT2D eigenvalue weighted by Gasteiger charge is -2.30. The molecule has 0 spiro atoms. The average molecular weight is 684 g/mol. The van der Waals surface area contributed by atoms with Crippen LogP contribution in [0.3, 0.4) is 0 Å². The van der Waals surface area contributed by atoms with E-state index >= 15 is 0 Å². The molecule has 0 atom stereocenters. The number of thiophene rings is 1. The van der Waals surface area contributed by atoms with E-state index in [9.17, 15) is 0 Å². The van der Waals surface area contributed by atoms with Crippen molar-refractivity contribution in [1.29, 1.82) is 0 Å². The van der Waals surface area contributed by atoms with Crippen molar-refractivity contribution in [1.82, 2.24) is 0 Å². The Bertz CT molecular complexity index is 3130. The van der Waals surface area contributed by atoms with Crippen LogP contribution in [0.5, 0.6) is 0 Å². The first-order valence-electron chi connectivity index (χ1n) is 17.5. The molecular weight excluding hydrogens is 655 g/mol. The van der Waals surface area contributed by atoms with Gasteiger partial charge in [0.25, 0.3) is 0 Å². The molecule has 0 bridgehead atoms. The van der Waals surface area contributed by atoms with Gasteiger partial charge >= 0.3 is 0 Å². The van der Waals surface area contributed by atoms with E-state index in [1.807, 2.05) is 23.5 Å². The topological polar surface area (TPSA) is 29.5 Å². The zero-order valence-corrected chi connectivity index (χ0v) is 28.7. The second-order valence-corrected chi connectivity index (χ2v) is 14.2. The summed E-state index contributed by atoms with van der Waals surface area (Å²) in [7, 11) is 0. The van der Waals surface area contributed by atoms with Crippen LogP contribution < -0.4 is 4.90 Å². The number of rotatable bonds is 5. The molecule has 0 amide bonds. The van der Waals surface area contributed by atoms with Crippen LogP contribution in [0.2, 0.25) is 0 Å². The standard InChI is InChI=1S/C48H29NO2S/c1-3-14-30(15-4-1)32-27-29-42-45(37-20-8-10-23-40(37)50-42)46(32)49(39-22-13-21-35-34-18-9-12-25-43(34)52-48(35)39)38-28-26-33(31-16-5-2-6-17-31)47-44(38)36-19-7-11-24-41(36)51-47/h1-29H. The zero-order chi connectivity index (χ0) is 34.2. The molecule has 11 rings (SSSR count). The van der Waals surface area contributed by atoms with Crippen molar-refractivity contribution in [3.8, 4) is 22.3 Å². The number of benzene rings is 8. The van der Waals surface area contributed by atoms with Crippen LogP contribution in [0.25, 0.3) is 86.3 Å². The first-order valence-corrected chi connectivity index (χ1v) is 18.3. The largest absolute Gasteiger partial charge is 0.456 e. The minimum Gasteiger partial charge on any atom is -0.456 e. The highest BCUT2D eigenvalue weighted by Gasteiger charge is 2.29. The average Bonchev–Trinajstić information content (AvgIpc) is 3.91. The fourth-order valence-corrected chi connectivity index (χ4v) is 9.21. The van der Waals surface area contributed by atoms with Gasteiger partial charge in [0.1, 0.15) is 22.3 Å². The van der Waals surface area contributed by atoms with Crippen LogP contribution in [-0.2, 0) is 0 Å². The minimum atomic E-state index is 0.846. The fraction of sp³-hybridized carbons (Fsp3) is 0. The summed E-state index contributed by atoms with van der Waals surface area (Å²) in [6.45, 7) is 0. The van der Waals surface area contributed by atoms with E-state index in [4.69, 9.17) is 8.83 Å². The molecule has 0 radical (unpaired) electrons. The number of hydrogen-bond donors (Lipinski definition) is 0. The van der Waals surface area contributed by atoms with Gasteiger partial charge in [-0.2, -0.15) is 0 Å². The zero-order valence-electron chi connectivity index (χ0n) is 27.9. The summed E-state index contributed by atoms with van der Waals surface area (Å²) in [4.78, 5) is 2.49. The maximum atomic E-state index is 6.85. The number of nitrogens with zero attached hydrogens (tertiary/aromatic N) is 1. The molecular formula is C48H29NO2S. The number of fused-ring (bicyclic) bond motifs is 9. The van der Waals surface area contributed by atoms with E-state index in [-0.39, 0.29) is 0 Å². The predicted octanol–water partition coefficient (Wildman–Crippen LogP) is 14.7. The van der Waals surface area contributed by atoms with E-state index in [1.165, 1.54) is 20.2 Å². The molecule has 3 heterocycles. The lowest BCUT2D eigenvalue weighted by Crippen LogP contribution is -2.12. The van der Waals surface area contributed by atoms with Crippen molar-refractivity contribution in [2.45, 2.75) is 0 Å². The van der Waals surface area contributed by atoms with Crippen LogP contribution in [0.4, 0.5) is 17.1 Å². The molecule has 0 saturated heterocycles. The Morgan fingerprint density at radius 2 is 0.981 bits per heavy atom. The smallest absolute Gasteiger partial charge is 0.145 e. The van der Waals surface area contributed by atoms with Gasteiger partial charge in [-0.3, -0.25) is 0 Å². The van der Waals surface area contributed by atoms with Crippen LogP contribution in [0.15, 0.2) is 185 Å². The summed E-state index contributed by atoms with van der Waals surface area (Å²) in [5.41, 5.74) is 11.1. The van der Waals surface area contributed by atoms with E-state index < -0.39 is 0 Å². The van der Waals surface area contributed by atoms with Gasteiger partial charge in [-0.05, 0) is 59.7 Å². The Labute approximate surface area is 303 Å². The lowest BCUT2D eigenvalue weighted by atomic mass is 9.96. The van der Waals surface area contributed by atoms with Crippen LogP contribution >= 0.6 is 11.3 Å². The summed E-state index contributed by atoms with van der Waals surface area (Å²) >= 11 is 1.84. The molecule has 11 aromatic rings. The van der Waals surface area contributed by atoms with Gasteiger partial charge in [0, 0.05) is 37.4 Å². The van der Waals surface area contributed by atoms with E-state index in [0.717, 1.165) is 83.2 Å². The van der Waals surface area contributed by atoms with E-state index in [2.05, 4.69) is 169 Å². The summed E-state index contributed by atoms with van der Waals surface area (Å²) < 4.78 is 16.0. The van der Waals surface area contributed by atoms with Crippen LogP contribution in [0.1, 0.15) is 0 Å². The van der Waals surface area contributed by atoms with Crippen LogP contribution in [0, 0.1) is 0 Å². The molecule has 3 aromatic heterocycles. The summed E-state index contributed by atoms with van der Waals surface area (Å²) in [5.74, 6) is 0. The molecule has 3 nitrogen and oxygen atoms in total. The molecule has 0 N–H and O–H groups in total. The number of hydrogen-bond acceptors (Lipinski definition) is 4. The molecule has 8 aromatic carbocycles. The monoisotopic (exact) mass is 683 g/mol. The number of furan rings is 2. The fourth-order valence-electron chi connectivity index (χ4n) is 8.00. The maximum Gasteiger partial charge on any atom is 0.145 e. The Kier molecular flexibility index (Phi) is 6.42. The second-order valence-electron chi connectivity index (χ2n) is 13.2. The maximum absolute atomic E-state index is 6.85. The number of para-hydroxylation sites is 2. The minimum absolute atomic E-state index is 0.846. The van der Waals surface area contributed by atoms with Crippen molar-refractivity contribution in [2.24, 2.45) is 0 Å². The van der Waals surface area contributed by atoms with Gasteiger partial charge in [0.05, 0.1) is 32.5 Å². The molecule has 0 aliphatic heterocycles. The molecule has 4 heteroatoms. The molecule has 244 valence electrons. The Hall–Kier alpha value is -6.62. The first-order chi connectivity index (χ1) is 25.8. The van der Waals surface area contributed by atoms with Crippen molar-refractivity contribution >= 4 is 92.4 Å². The third kappa shape index (κ3) is 4.31. The molecule has 0 unspecified atom stereocenters. The summed E-state index contributed by atoms with van der Waals surface area (Å²) in [5, 5.41) is 6.79. The normalized spacial score (nSPS) is 11.8. The van der Waals surface area contributed by atoms with Crippen molar-refractivity contribution in [3.63, 3.8) is 0 Å². The highest BCUT2D eigenvalue weighted by Crippen LogP contribution is 2.54. The Morgan fingerprint density at radius 1 is 0.385 bits per heavy atom. The second kappa shape index (κ2) is 11.5. The highest BCUT2D eigenvalue weighted by molar-refractivity contribution is 7.26. The lowest BCUT2D eigenvalue weighted by molar-refractivity contribution is 0.669. The Morgan fingerprint density at radius 3 is 1.75 bits per heavy atom. The molecule has 0 aliphatic rings. The summed E-state index contributed by atoms with van der Waals surface area (Å²) in [6.07, 6.45) is 0. The number of anilines is 3. The highest BCUT2D eigenvalue weighted by atomic mass is 32.1. The van der Waals surface area contributed by atoms with Gasteiger partial charge < -0.3 is 13.7 Å². The predicted molar refractivity (Wildman–Crippen MR) is 219 cm³/mol. The third-order valence-corrected chi connectivity index (χ3v) is 11.5. The quantitative estimate of drug-likeness (QED) is 0.181. The van der Waals surface area contributed by atoms with Gasteiger partial charge in [0.15, 0.2) is 0 Å². The van der Waals surface area contributed by atoms with Crippen LogP contribution in [-0.4, -0.2) is 0 Å².